The van der Waals surface area contributed by atoms with E-state index in [0.717, 1.165) is 56.5 Å². The molecule has 0 saturated carbocycles. The molecule has 0 fully saturated rings. The molecule has 1 aromatic heterocycles. The third kappa shape index (κ3) is 17.9. The SMILES string of the molecule is CCCCCCCCCC(=O)NC(Cc1c[nH]c2ccccc12)C(=O)NC(CC(=O)NC(C)(C)C)C(=O)NC(CC(=O)OC)C(=O)NC(C(=O)NCC(C)=O)C(C)O. The first kappa shape index (κ1) is 48.8. The van der Waals surface area contributed by atoms with Crippen molar-refractivity contribution in [1.29, 1.82) is 0 Å². The van der Waals surface area contributed by atoms with Crippen LogP contribution >= 0.6 is 0 Å². The van der Waals surface area contributed by atoms with Crippen LogP contribution < -0.4 is 31.9 Å². The summed E-state index contributed by atoms with van der Waals surface area (Å²) in [6.45, 7) is 9.37. The Labute approximate surface area is 340 Å². The number of aliphatic hydroxyl groups excluding tert-OH is 1. The molecule has 0 aliphatic rings. The molecule has 17 nitrogen and oxygen atoms in total. The number of aromatic nitrogens is 1. The van der Waals surface area contributed by atoms with Crippen LogP contribution in [-0.2, 0) is 49.5 Å². The number of Topliss-reactive ketones (excluding diaryl/α,β-unsaturated/α-hetero) is 1. The molecular formula is C41H63N7O10. The number of H-pyrrole nitrogens is 1. The van der Waals surface area contributed by atoms with Gasteiger partial charge in [0.25, 0.3) is 0 Å². The lowest BCUT2D eigenvalue weighted by Gasteiger charge is -2.27. The van der Waals surface area contributed by atoms with E-state index in [1.807, 2.05) is 24.3 Å². The number of ketones is 1. The van der Waals surface area contributed by atoms with Gasteiger partial charge in [-0.15, -0.1) is 0 Å². The number of aromatic amines is 1. The van der Waals surface area contributed by atoms with Crippen LogP contribution in [0.1, 0.15) is 111 Å². The molecule has 17 heteroatoms. The van der Waals surface area contributed by atoms with Crippen molar-refractivity contribution in [2.24, 2.45) is 0 Å². The molecule has 0 spiro atoms. The fourth-order valence-corrected chi connectivity index (χ4v) is 6.09. The fraction of sp³-hybridized carbons (Fsp3) is 0.610. The standard InChI is InChI=1S/C41H63N7O10/c1-8-9-10-11-12-13-14-19-33(51)44-30(20-27-24-42-29-18-16-15-17-28(27)29)37(54)45-31(21-34(52)48-41(4,5)6)38(55)46-32(22-35(53)58-7)39(56)47-36(26(3)50)40(57)43-23-25(2)49/h15-18,24,26,30-32,36,42,50H,8-14,19-23H2,1-7H3,(H,43,57)(H,44,51)(H,45,54)(H,46,55)(H,47,56)(H,48,52). The van der Waals surface area contributed by atoms with Gasteiger partial charge in [-0.3, -0.25) is 38.4 Å². The summed E-state index contributed by atoms with van der Waals surface area (Å²) >= 11 is 0. The number of esters is 1. The number of rotatable bonds is 25. The van der Waals surface area contributed by atoms with Crippen molar-refractivity contribution >= 4 is 58.1 Å². The number of amides is 6. The second-order valence-electron chi connectivity index (χ2n) is 15.6. The summed E-state index contributed by atoms with van der Waals surface area (Å²) in [6, 6.07) is 1.30. The lowest BCUT2D eigenvalue weighted by Crippen LogP contribution is -2.61. The highest BCUT2D eigenvalue weighted by atomic mass is 16.5. The predicted molar refractivity (Wildman–Crippen MR) is 217 cm³/mol. The van der Waals surface area contributed by atoms with Gasteiger partial charge in [-0.25, -0.2) is 0 Å². The Bertz CT molecular complexity index is 1720. The van der Waals surface area contributed by atoms with E-state index in [-0.39, 0.29) is 31.1 Å². The summed E-state index contributed by atoms with van der Waals surface area (Å²) in [6.07, 6.45) is 6.09. The van der Waals surface area contributed by atoms with Crippen LogP contribution in [0.2, 0.25) is 0 Å². The number of fused-ring (bicyclic) bond motifs is 1. The first-order chi connectivity index (χ1) is 27.3. The van der Waals surface area contributed by atoms with Crippen molar-refractivity contribution < 1.29 is 48.2 Å². The molecule has 0 radical (unpaired) electrons. The van der Waals surface area contributed by atoms with E-state index in [2.05, 4.69) is 43.8 Å². The maximum absolute atomic E-state index is 14.2. The normalized spacial score (nSPS) is 13.9. The van der Waals surface area contributed by atoms with Crippen molar-refractivity contribution in [3.05, 3.63) is 36.0 Å². The number of benzene rings is 1. The number of hydrogen-bond donors (Lipinski definition) is 8. The van der Waals surface area contributed by atoms with Gasteiger partial charge in [0.2, 0.25) is 35.4 Å². The average Bonchev–Trinajstić information content (AvgIpc) is 3.56. The number of methoxy groups -OCH3 is 1. The maximum Gasteiger partial charge on any atom is 0.308 e. The molecule has 0 saturated heterocycles. The van der Waals surface area contributed by atoms with Crippen molar-refractivity contribution in [3.63, 3.8) is 0 Å². The smallest absolute Gasteiger partial charge is 0.308 e. The number of hydrogen-bond acceptors (Lipinski definition) is 10. The minimum atomic E-state index is -1.71. The Morgan fingerprint density at radius 3 is 1.95 bits per heavy atom. The van der Waals surface area contributed by atoms with E-state index in [9.17, 15) is 43.5 Å². The largest absolute Gasteiger partial charge is 0.469 e. The first-order valence-electron chi connectivity index (χ1n) is 19.9. The van der Waals surface area contributed by atoms with Crippen LogP contribution in [0.4, 0.5) is 0 Å². The van der Waals surface area contributed by atoms with Crippen LogP contribution in [0, 0.1) is 0 Å². The Hall–Kier alpha value is -5.32. The lowest BCUT2D eigenvalue weighted by molar-refractivity contribution is -0.144. The molecule has 6 amide bonds. The van der Waals surface area contributed by atoms with Crippen LogP contribution in [0.15, 0.2) is 30.5 Å². The highest BCUT2D eigenvalue weighted by molar-refractivity contribution is 5.99. The van der Waals surface area contributed by atoms with Crippen molar-refractivity contribution in [1.82, 2.24) is 36.9 Å². The topological polar surface area (TPSA) is 254 Å². The summed E-state index contributed by atoms with van der Waals surface area (Å²) in [5.74, 6) is -6.13. The molecule has 5 atom stereocenters. The number of carbonyl (C=O) groups is 8. The van der Waals surface area contributed by atoms with Crippen LogP contribution in [0.3, 0.4) is 0 Å². The summed E-state index contributed by atoms with van der Waals surface area (Å²) in [4.78, 5) is 108. The summed E-state index contributed by atoms with van der Waals surface area (Å²) in [5, 5.41) is 26.2. The number of ether oxygens (including phenoxy) is 1. The van der Waals surface area contributed by atoms with Gasteiger partial charge in [0.05, 0.1) is 32.6 Å². The minimum absolute atomic E-state index is 0.0287. The molecule has 1 heterocycles. The van der Waals surface area contributed by atoms with Crippen molar-refractivity contribution in [2.75, 3.05) is 13.7 Å². The molecular weight excluding hydrogens is 750 g/mol. The second kappa shape index (κ2) is 24.5. The maximum atomic E-state index is 14.2. The van der Waals surface area contributed by atoms with Crippen LogP contribution in [0.5, 0.6) is 0 Å². The molecule has 322 valence electrons. The third-order valence-electron chi connectivity index (χ3n) is 9.10. The highest BCUT2D eigenvalue weighted by Gasteiger charge is 2.35. The van der Waals surface area contributed by atoms with E-state index in [4.69, 9.17) is 4.74 Å². The monoisotopic (exact) mass is 813 g/mol. The van der Waals surface area contributed by atoms with Gasteiger partial charge in [0, 0.05) is 35.5 Å². The van der Waals surface area contributed by atoms with Crippen LogP contribution in [-0.4, -0.2) is 107 Å². The van der Waals surface area contributed by atoms with Crippen molar-refractivity contribution in [2.45, 2.75) is 148 Å². The van der Waals surface area contributed by atoms with Gasteiger partial charge < -0.3 is 46.7 Å². The van der Waals surface area contributed by atoms with Gasteiger partial charge in [0.15, 0.2) is 0 Å². The van der Waals surface area contributed by atoms with E-state index in [1.54, 1.807) is 27.0 Å². The summed E-state index contributed by atoms with van der Waals surface area (Å²) < 4.78 is 4.71. The third-order valence-corrected chi connectivity index (χ3v) is 9.10. The molecule has 0 aliphatic heterocycles. The number of nitrogens with one attached hydrogen (secondary N) is 7. The summed E-state index contributed by atoms with van der Waals surface area (Å²) in [5.41, 5.74) is 0.801. The number of carbonyl (C=O) groups excluding carboxylic acids is 8. The Morgan fingerprint density at radius 2 is 1.34 bits per heavy atom. The van der Waals surface area contributed by atoms with Gasteiger partial charge in [-0.05, 0) is 52.7 Å². The highest BCUT2D eigenvalue weighted by Crippen LogP contribution is 2.20. The molecule has 8 N–H and O–H groups in total. The molecule has 2 rings (SSSR count). The second-order valence-corrected chi connectivity index (χ2v) is 15.6. The van der Waals surface area contributed by atoms with E-state index >= 15 is 0 Å². The zero-order valence-corrected chi connectivity index (χ0v) is 34.9. The molecule has 58 heavy (non-hydrogen) atoms. The van der Waals surface area contributed by atoms with Crippen LogP contribution in [0.25, 0.3) is 10.9 Å². The van der Waals surface area contributed by atoms with E-state index in [0.29, 0.717) is 12.0 Å². The Balaban J connectivity index is 2.41. The van der Waals surface area contributed by atoms with E-state index in [1.165, 1.54) is 13.8 Å². The Morgan fingerprint density at radius 1 is 0.759 bits per heavy atom. The molecule has 0 aliphatic carbocycles. The fourth-order valence-electron chi connectivity index (χ4n) is 6.09. The number of aliphatic hydroxyl groups is 1. The van der Waals surface area contributed by atoms with E-state index < -0.39 is 84.2 Å². The van der Waals surface area contributed by atoms with Gasteiger partial charge in [-0.2, -0.15) is 0 Å². The van der Waals surface area contributed by atoms with Gasteiger partial charge in [-0.1, -0.05) is 63.6 Å². The molecule has 2 aromatic rings. The minimum Gasteiger partial charge on any atom is -0.469 e. The summed E-state index contributed by atoms with van der Waals surface area (Å²) in [7, 11) is 1.06. The quantitative estimate of drug-likeness (QED) is 0.0533. The Kier molecular flexibility index (Phi) is 20.6. The van der Waals surface area contributed by atoms with Gasteiger partial charge >= 0.3 is 5.97 Å². The van der Waals surface area contributed by atoms with Crippen molar-refractivity contribution in [3.8, 4) is 0 Å². The zero-order valence-electron chi connectivity index (χ0n) is 34.9. The average molecular weight is 814 g/mol. The lowest BCUT2D eigenvalue weighted by atomic mass is 10.0. The zero-order chi connectivity index (χ0) is 43.4. The number of unbranched alkanes of at least 4 members (excludes halogenated alkanes) is 6. The molecule has 5 unspecified atom stereocenters. The number of para-hydroxylation sites is 1. The predicted octanol–water partition coefficient (Wildman–Crippen LogP) is 1.74. The first-order valence-corrected chi connectivity index (χ1v) is 19.9. The van der Waals surface area contributed by atoms with Gasteiger partial charge in [0.1, 0.15) is 30.0 Å². The molecule has 1 aromatic carbocycles. The molecule has 0 bridgehead atoms.